The Morgan fingerprint density at radius 1 is 1.38 bits per heavy atom. The van der Waals surface area contributed by atoms with Crippen molar-refractivity contribution in [3.05, 3.63) is 58.6 Å². The van der Waals surface area contributed by atoms with Crippen LogP contribution in [0.5, 0.6) is 0 Å². The van der Waals surface area contributed by atoms with E-state index in [4.69, 9.17) is 4.74 Å². The molecule has 6 heteroatoms. The molecule has 2 atom stereocenters. The predicted molar refractivity (Wildman–Crippen MR) is 94.1 cm³/mol. The summed E-state index contributed by atoms with van der Waals surface area (Å²) in [5, 5.41) is 3.13. The minimum Gasteiger partial charge on any atom is -0.374 e. The summed E-state index contributed by atoms with van der Waals surface area (Å²) in [6, 6.07) is 10.8. The highest BCUT2D eigenvalue weighted by Gasteiger charge is 2.25. The lowest BCUT2D eigenvalue weighted by Gasteiger charge is -2.37. The Bertz CT molecular complexity index is 716. The summed E-state index contributed by atoms with van der Waals surface area (Å²) in [6.45, 7) is 5.24. The molecule has 6 nitrogen and oxygen atoms in total. The van der Waals surface area contributed by atoms with Crippen molar-refractivity contribution in [2.75, 3.05) is 31.6 Å². The first-order chi connectivity index (χ1) is 11.6. The second-order valence-corrected chi connectivity index (χ2v) is 6.15. The molecule has 0 unspecified atom stereocenters. The molecule has 0 amide bonds. The average molecular weight is 328 g/mol. The molecule has 128 valence electrons. The van der Waals surface area contributed by atoms with Crippen molar-refractivity contribution in [2.24, 2.45) is 7.05 Å². The maximum Gasteiger partial charge on any atom is 0.293 e. The molecule has 0 spiro atoms. The van der Waals surface area contributed by atoms with E-state index in [0.29, 0.717) is 25.0 Å². The molecule has 0 radical (unpaired) electrons. The molecule has 0 bridgehead atoms. The highest BCUT2D eigenvalue weighted by atomic mass is 16.5. The number of ether oxygens (including phenoxy) is 1. The Morgan fingerprint density at radius 2 is 2.17 bits per heavy atom. The van der Waals surface area contributed by atoms with Crippen LogP contribution in [0.15, 0.2) is 47.5 Å². The van der Waals surface area contributed by atoms with E-state index in [2.05, 4.69) is 46.4 Å². The van der Waals surface area contributed by atoms with Crippen LogP contribution in [0.2, 0.25) is 0 Å². The van der Waals surface area contributed by atoms with Crippen molar-refractivity contribution in [3.8, 4) is 0 Å². The average Bonchev–Trinajstić information content (AvgIpc) is 2.63. The SMILES string of the molecule is C[C@@H](c1ccccc1)N1CCO[C@H](CNc2nccn(C)c2=O)C1. The fraction of sp³-hybridized carbons (Fsp3) is 0.444. The minimum atomic E-state index is -0.122. The number of benzene rings is 1. The lowest BCUT2D eigenvalue weighted by Crippen LogP contribution is -2.46. The molecular weight excluding hydrogens is 304 g/mol. The number of nitrogens with one attached hydrogen (secondary N) is 1. The molecule has 0 aliphatic carbocycles. The first kappa shape index (κ1) is 16.7. The van der Waals surface area contributed by atoms with Gasteiger partial charge >= 0.3 is 0 Å². The summed E-state index contributed by atoms with van der Waals surface area (Å²) in [4.78, 5) is 18.5. The normalized spacial score (nSPS) is 19.8. The van der Waals surface area contributed by atoms with Gasteiger partial charge in [0.2, 0.25) is 0 Å². The zero-order valence-corrected chi connectivity index (χ0v) is 14.2. The van der Waals surface area contributed by atoms with Crippen LogP contribution in [0, 0.1) is 0 Å². The van der Waals surface area contributed by atoms with Gasteiger partial charge in [0, 0.05) is 45.1 Å². The van der Waals surface area contributed by atoms with E-state index in [1.165, 1.54) is 10.1 Å². The van der Waals surface area contributed by atoms with E-state index in [0.717, 1.165) is 13.1 Å². The highest BCUT2D eigenvalue weighted by molar-refractivity contribution is 5.30. The molecular formula is C18H24N4O2. The summed E-state index contributed by atoms with van der Waals surface area (Å²) in [6.07, 6.45) is 3.31. The van der Waals surface area contributed by atoms with Crippen molar-refractivity contribution in [1.82, 2.24) is 14.5 Å². The van der Waals surface area contributed by atoms with Crippen LogP contribution in [0.25, 0.3) is 0 Å². The van der Waals surface area contributed by atoms with Crippen molar-refractivity contribution in [1.29, 1.82) is 0 Å². The molecule has 1 aliphatic heterocycles. The van der Waals surface area contributed by atoms with Crippen LogP contribution in [-0.4, -0.2) is 46.8 Å². The van der Waals surface area contributed by atoms with Crippen molar-refractivity contribution in [2.45, 2.75) is 19.1 Å². The molecule has 0 saturated carbocycles. The van der Waals surface area contributed by atoms with E-state index >= 15 is 0 Å². The van der Waals surface area contributed by atoms with Gasteiger partial charge in [0.25, 0.3) is 5.56 Å². The number of nitrogens with zero attached hydrogens (tertiary/aromatic N) is 3. The van der Waals surface area contributed by atoms with E-state index in [9.17, 15) is 4.79 Å². The maximum absolute atomic E-state index is 12.0. The number of hydrogen-bond donors (Lipinski definition) is 1. The van der Waals surface area contributed by atoms with Gasteiger partial charge in [-0.2, -0.15) is 0 Å². The van der Waals surface area contributed by atoms with Gasteiger partial charge in [-0.1, -0.05) is 30.3 Å². The van der Waals surface area contributed by atoms with Gasteiger partial charge in [-0.15, -0.1) is 0 Å². The largest absolute Gasteiger partial charge is 0.374 e. The Morgan fingerprint density at radius 3 is 2.96 bits per heavy atom. The molecule has 2 aromatic rings. The molecule has 1 aromatic heterocycles. The molecule has 1 fully saturated rings. The fourth-order valence-corrected chi connectivity index (χ4v) is 2.99. The van der Waals surface area contributed by atoms with Crippen LogP contribution < -0.4 is 10.9 Å². The third-order valence-corrected chi connectivity index (χ3v) is 4.51. The lowest BCUT2D eigenvalue weighted by atomic mass is 10.1. The highest BCUT2D eigenvalue weighted by Crippen LogP contribution is 2.22. The molecule has 1 N–H and O–H groups in total. The van der Waals surface area contributed by atoms with E-state index in [1.807, 2.05) is 6.07 Å². The van der Waals surface area contributed by atoms with Crippen LogP contribution in [-0.2, 0) is 11.8 Å². The number of aromatic nitrogens is 2. The number of aryl methyl sites for hydroxylation is 1. The number of anilines is 1. The Hall–Kier alpha value is -2.18. The summed E-state index contributed by atoms with van der Waals surface area (Å²) in [7, 11) is 1.72. The molecule has 1 aliphatic rings. The third-order valence-electron chi connectivity index (χ3n) is 4.51. The molecule has 3 rings (SSSR count). The van der Waals surface area contributed by atoms with Gasteiger partial charge in [0.1, 0.15) is 0 Å². The third kappa shape index (κ3) is 3.83. The smallest absolute Gasteiger partial charge is 0.293 e. The van der Waals surface area contributed by atoms with Crippen LogP contribution >= 0.6 is 0 Å². The maximum atomic E-state index is 12.0. The second-order valence-electron chi connectivity index (χ2n) is 6.15. The Balaban J connectivity index is 1.59. The topological polar surface area (TPSA) is 59.4 Å². The number of hydrogen-bond acceptors (Lipinski definition) is 5. The second kappa shape index (κ2) is 7.59. The first-order valence-electron chi connectivity index (χ1n) is 8.31. The van der Waals surface area contributed by atoms with E-state index in [-0.39, 0.29) is 11.7 Å². The van der Waals surface area contributed by atoms with E-state index in [1.54, 1.807) is 19.4 Å². The molecule has 24 heavy (non-hydrogen) atoms. The van der Waals surface area contributed by atoms with Gasteiger partial charge in [0.15, 0.2) is 5.82 Å². The molecule has 2 heterocycles. The lowest BCUT2D eigenvalue weighted by molar-refractivity contribution is -0.0346. The van der Waals surface area contributed by atoms with Crippen LogP contribution in [0.4, 0.5) is 5.82 Å². The molecule has 1 aromatic carbocycles. The zero-order valence-electron chi connectivity index (χ0n) is 14.2. The van der Waals surface area contributed by atoms with Crippen molar-refractivity contribution in [3.63, 3.8) is 0 Å². The van der Waals surface area contributed by atoms with Crippen molar-refractivity contribution >= 4 is 5.82 Å². The van der Waals surface area contributed by atoms with Gasteiger partial charge in [-0.25, -0.2) is 4.98 Å². The quantitative estimate of drug-likeness (QED) is 0.904. The number of rotatable bonds is 5. The Kier molecular flexibility index (Phi) is 5.27. The van der Waals surface area contributed by atoms with E-state index < -0.39 is 0 Å². The first-order valence-corrected chi connectivity index (χ1v) is 8.31. The van der Waals surface area contributed by atoms with Gasteiger partial charge in [-0.3, -0.25) is 9.69 Å². The fourth-order valence-electron chi connectivity index (χ4n) is 2.99. The van der Waals surface area contributed by atoms with Crippen molar-refractivity contribution < 1.29 is 4.74 Å². The summed E-state index contributed by atoms with van der Waals surface area (Å²) >= 11 is 0. The summed E-state index contributed by atoms with van der Waals surface area (Å²) < 4.78 is 7.36. The summed E-state index contributed by atoms with van der Waals surface area (Å²) in [5.74, 6) is 0.372. The zero-order chi connectivity index (χ0) is 16.9. The van der Waals surface area contributed by atoms with Crippen LogP contribution in [0.1, 0.15) is 18.5 Å². The molecule has 1 saturated heterocycles. The number of morpholine rings is 1. The van der Waals surface area contributed by atoms with Gasteiger partial charge in [-0.05, 0) is 12.5 Å². The minimum absolute atomic E-state index is 0.0385. The Labute approximate surface area is 142 Å². The monoisotopic (exact) mass is 328 g/mol. The van der Waals surface area contributed by atoms with Gasteiger partial charge < -0.3 is 14.6 Å². The van der Waals surface area contributed by atoms with Crippen LogP contribution in [0.3, 0.4) is 0 Å². The predicted octanol–water partition coefficient (Wildman–Crippen LogP) is 1.65. The summed E-state index contributed by atoms with van der Waals surface area (Å²) in [5.41, 5.74) is 1.19. The van der Waals surface area contributed by atoms with Gasteiger partial charge in [0.05, 0.1) is 12.7 Å². The standard InChI is InChI=1S/C18H24N4O2/c1-14(15-6-4-3-5-7-15)22-10-11-24-16(13-22)12-20-17-18(23)21(2)9-8-19-17/h3-9,14,16H,10-13H2,1-2H3,(H,19,20)/t14-,16+/m0/s1.